The van der Waals surface area contributed by atoms with Crippen molar-refractivity contribution in [2.75, 3.05) is 5.32 Å². The molecule has 3 aliphatic carbocycles. The highest BCUT2D eigenvalue weighted by Gasteiger charge is 2.52. The van der Waals surface area contributed by atoms with Crippen LogP contribution in [0.3, 0.4) is 0 Å². The van der Waals surface area contributed by atoms with Gasteiger partial charge in [0.25, 0.3) is 0 Å². The third-order valence-electron chi connectivity index (χ3n) is 5.43. The molecule has 0 aliphatic heterocycles. The van der Waals surface area contributed by atoms with Crippen LogP contribution in [0.4, 0.5) is 10.1 Å². The number of thiocarbonyl (C=S) groups is 1. The van der Waals surface area contributed by atoms with Crippen molar-refractivity contribution in [3.63, 3.8) is 0 Å². The minimum atomic E-state index is -0.230. The van der Waals surface area contributed by atoms with Crippen molar-refractivity contribution >= 4 is 23.0 Å². The molecule has 0 aromatic heterocycles. The van der Waals surface area contributed by atoms with Crippen LogP contribution in [0.2, 0.25) is 0 Å². The molecule has 2 nitrogen and oxygen atoms in total. The van der Waals surface area contributed by atoms with Crippen LogP contribution < -0.4 is 10.6 Å². The first-order valence-electron chi connectivity index (χ1n) is 7.70. The van der Waals surface area contributed by atoms with Gasteiger partial charge in [-0.05, 0) is 79.4 Å². The first-order chi connectivity index (χ1) is 10.2. The lowest BCUT2D eigenvalue weighted by molar-refractivity contribution is 0.246. The van der Waals surface area contributed by atoms with Crippen molar-refractivity contribution in [2.24, 2.45) is 23.7 Å². The molecule has 0 saturated heterocycles. The molecule has 0 unspecified atom stereocenters. The molecule has 110 valence electrons. The first kappa shape index (κ1) is 13.3. The highest BCUT2D eigenvalue weighted by atomic mass is 32.1. The third-order valence-corrected chi connectivity index (χ3v) is 5.65. The van der Waals surface area contributed by atoms with Crippen molar-refractivity contribution < 1.29 is 4.39 Å². The van der Waals surface area contributed by atoms with Gasteiger partial charge < -0.3 is 10.6 Å². The lowest BCUT2D eigenvalue weighted by Gasteiger charge is -2.32. The Kier molecular flexibility index (Phi) is 3.21. The maximum atomic E-state index is 12.9. The van der Waals surface area contributed by atoms with Crippen molar-refractivity contribution in [1.82, 2.24) is 5.32 Å². The van der Waals surface area contributed by atoms with Gasteiger partial charge in [0, 0.05) is 11.7 Å². The fraction of sp³-hybridized carbons (Fsp3) is 0.471. The summed E-state index contributed by atoms with van der Waals surface area (Å²) in [4.78, 5) is 0. The molecule has 0 spiro atoms. The Morgan fingerprint density at radius 2 is 1.95 bits per heavy atom. The zero-order valence-electron chi connectivity index (χ0n) is 11.8. The van der Waals surface area contributed by atoms with E-state index in [1.54, 1.807) is 12.1 Å². The van der Waals surface area contributed by atoms with E-state index in [4.69, 9.17) is 12.2 Å². The SMILES string of the molecule is Fc1ccc(NC(=S)N[C@H]2C[C@@H]3C[C@@H]2[C@H]2C=CC[C@H]32)cc1. The molecule has 2 N–H and O–H groups in total. The summed E-state index contributed by atoms with van der Waals surface area (Å²) in [6, 6.07) is 6.78. The van der Waals surface area contributed by atoms with E-state index in [1.807, 2.05) is 0 Å². The highest BCUT2D eigenvalue weighted by molar-refractivity contribution is 7.80. The third kappa shape index (κ3) is 2.35. The molecule has 4 rings (SSSR count). The summed E-state index contributed by atoms with van der Waals surface area (Å²) in [6.07, 6.45) is 8.62. The van der Waals surface area contributed by atoms with Crippen LogP contribution in [0, 0.1) is 29.5 Å². The number of hydrogen-bond acceptors (Lipinski definition) is 1. The fourth-order valence-corrected chi connectivity index (χ4v) is 4.85. The minimum absolute atomic E-state index is 0.230. The summed E-state index contributed by atoms with van der Waals surface area (Å²) in [6.45, 7) is 0. The molecule has 0 amide bonds. The molecule has 21 heavy (non-hydrogen) atoms. The summed E-state index contributed by atoms with van der Waals surface area (Å²) in [5.74, 6) is 3.01. The lowest BCUT2D eigenvalue weighted by atomic mass is 9.79. The van der Waals surface area contributed by atoms with Crippen LogP contribution in [-0.2, 0) is 0 Å². The summed E-state index contributed by atoms with van der Waals surface area (Å²) in [5, 5.41) is 7.28. The Bertz CT molecular complexity index is 583. The van der Waals surface area contributed by atoms with Gasteiger partial charge in [-0.25, -0.2) is 4.39 Å². The van der Waals surface area contributed by atoms with Gasteiger partial charge in [-0.1, -0.05) is 12.2 Å². The van der Waals surface area contributed by atoms with Gasteiger partial charge in [-0.2, -0.15) is 0 Å². The number of hydrogen-bond donors (Lipinski definition) is 2. The van der Waals surface area contributed by atoms with E-state index in [1.165, 1.54) is 31.4 Å². The standard InChI is InChI=1S/C17H19FN2S/c18-11-4-6-12(7-5-11)19-17(21)20-16-9-10-8-15(16)14-3-1-2-13(10)14/h1,3-7,10,13-16H,2,8-9H2,(H2,19,20,21)/t10-,13+,14-,15+,16-/m0/s1. The number of halogens is 1. The van der Waals surface area contributed by atoms with Gasteiger partial charge in [-0.15, -0.1) is 0 Å². The van der Waals surface area contributed by atoms with Gasteiger partial charge in [0.2, 0.25) is 0 Å². The van der Waals surface area contributed by atoms with Gasteiger partial charge in [0.1, 0.15) is 5.82 Å². The highest BCUT2D eigenvalue weighted by Crippen LogP contribution is 2.56. The topological polar surface area (TPSA) is 24.1 Å². The Balaban J connectivity index is 1.37. The summed E-state index contributed by atoms with van der Waals surface area (Å²) in [7, 11) is 0. The maximum Gasteiger partial charge on any atom is 0.171 e. The quantitative estimate of drug-likeness (QED) is 0.643. The molecule has 4 heteroatoms. The van der Waals surface area contributed by atoms with Crippen LogP contribution in [0.15, 0.2) is 36.4 Å². The molecule has 2 saturated carbocycles. The average molecular weight is 302 g/mol. The second-order valence-electron chi connectivity index (χ2n) is 6.51. The summed E-state index contributed by atoms with van der Waals surface area (Å²) >= 11 is 5.41. The molecule has 1 aromatic rings. The second kappa shape index (κ2) is 5.09. The molecule has 0 radical (unpaired) electrons. The molecule has 0 heterocycles. The predicted molar refractivity (Wildman–Crippen MR) is 86.5 cm³/mol. The Hall–Kier alpha value is -1.42. The number of anilines is 1. The fourth-order valence-electron chi connectivity index (χ4n) is 4.58. The largest absolute Gasteiger partial charge is 0.359 e. The van der Waals surface area contributed by atoms with E-state index in [0.717, 1.165) is 29.4 Å². The smallest absolute Gasteiger partial charge is 0.171 e. The van der Waals surface area contributed by atoms with Gasteiger partial charge in [0.05, 0.1) is 0 Å². The molecule has 5 atom stereocenters. The number of nitrogens with one attached hydrogen (secondary N) is 2. The zero-order valence-corrected chi connectivity index (χ0v) is 12.6. The maximum absolute atomic E-state index is 12.9. The molecule has 2 bridgehead atoms. The molecular formula is C17H19FN2S. The van der Waals surface area contributed by atoms with Crippen LogP contribution >= 0.6 is 12.2 Å². The van der Waals surface area contributed by atoms with Crippen molar-refractivity contribution in [1.29, 1.82) is 0 Å². The monoisotopic (exact) mass is 302 g/mol. The van der Waals surface area contributed by atoms with E-state index in [0.29, 0.717) is 11.2 Å². The van der Waals surface area contributed by atoms with E-state index in [-0.39, 0.29) is 5.82 Å². The average Bonchev–Trinajstić information content (AvgIpc) is 3.13. The Morgan fingerprint density at radius 1 is 1.14 bits per heavy atom. The summed E-state index contributed by atoms with van der Waals surface area (Å²) in [5.41, 5.74) is 0.829. The predicted octanol–water partition coefficient (Wildman–Crippen LogP) is 3.71. The number of allylic oxidation sites excluding steroid dienone is 2. The molecule has 1 aromatic carbocycles. The normalized spacial score (nSPS) is 35.8. The number of fused-ring (bicyclic) bond motifs is 5. The summed E-state index contributed by atoms with van der Waals surface area (Å²) < 4.78 is 12.9. The van der Waals surface area contributed by atoms with Crippen LogP contribution in [-0.4, -0.2) is 11.2 Å². The lowest BCUT2D eigenvalue weighted by Crippen LogP contribution is -2.44. The number of benzene rings is 1. The van der Waals surface area contributed by atoms with Crippen LogP contribution in [0.25, 0.3) is 0 Å². The first-order valence-corrected chi connectivity index (χ1v) is 8.11. The van der Waals surface area contributed by atoms with Crippen molar-refractivity contribution in [3.05, 3.63) is 42.2 Å². The van der Waals surface area contributed by atoms with E-state index < -0.39 is 0 Å². The van der Waals surface area contributed by atoms with Gasteiger partial charge >= 0.3 is 0 Å². The van der Waals surface area contributed by atoms with E-state index in [9.17, 15) is 4.39 Å². The van der Waals surface area contributed by atoms with Crippen molar-refractivity contribution in [3.8, 4) is 0 Å². The minimum Gasteiger partial charge on any atom is -0.359 e. The number of rotatable bonds is 2. The molecular weight excluding hydrogens is 283 g/mol. The zero-order chi connectivity index (χ0) is 14.4. The molecule has 2 fully saturated rings. The second-order valence-corrected chi connectivity index (χ2v) is 6.92. The Labute approximate surface area is 129 Å². The van der Waals surface area contributed by atoms with Gasteiger partial charge in [-0.3, -0.25) is 0 Å². The van der Waals surface area contributed by atoms with Crippen LogP contribution in [0.1, 0.15) is 19.3 Å². The van der Waals surface area contributed by atoms with E-state index in [2.05, 4.69) is 22.8 Å². The van der Waals surface area contributed by atoms with Gasteiger partial charge in [0.15, 0.2) is 5.11 Å². The Morgan fingerprint density at radius 3 is 2.76 bits per heavy atom. The van der Waals surface area contributed by atoms with E-state index >= 15 is 0 Å². The molecule has 3 aliphatic rings. The van der Waals surface area contributed by atoms with Crippen LogP contribution in [0.5, 0.6) is 0 Å². The van der Waals surface area contributed by atoms with Crippen molar-refractivity contribution in [2.45, 2.75) is 25.3 Å².